The topological polar surface area (TPSA) is 44.7 Å². The molecular formula is C14H32N2O2. The zero-order valence-electron chi connectivity index (χ0n) is 12.5. The molecule has 0 rings (SSSR count). The summed E-state index contributed by atoms with van der Waals surface area (Å²) in [5.41, 5.74) is 0. The molecule has 0 aliphatic rings. The molecule has 0 aliphatic heterocycles. The van der Waals surface area contributed by atoms with Gasteiger partial charge >= 0.3 is 0 Å². The minimum Gasteiger partial charge on any atom is -0.389 e. The second-order valence-electron chi connectivity index (χ2n) is 4.67. The van der Waals surface area contributed by atoms with Crippen LogP contribution in [0.2, 0.25) is 0 Å². The number of nitrogens with zero attached hydrogens (tertiary/aromatic N) is 1. The fraction of sp³-hybridized carbons (Fsp3) is 1.00. The van der Waals surface area contributed by atoms with E-state index in [0.29, 0.717) is 13.2 Å². The first-order valence-corrected chi connectivity index (χ1v) is 7.43. The van der Waals surface area contributed by atoms with Crippen molar-refractivity contribution in [2.45, 2.75) is 46.1 Å². The van der Waals surface area contributed by atoms with Crippen LogP contribution in [0.1, 0.15) is 40.0 Å². The van der Waals surface area contributed by atoms with Crippen molar-refractivity contribution >= 4 is 0 Å². The second kappa shape index (κ2) is 13.3. The number of rotatable bonds is 13. The van der Waals surface area contributed by atoms with E-state index in [1.165, 1.54) is 0 Å². The lowest BCUT2D eigenvalue weighted by atomic mass is 10.3. The summed E-state index contributed by atoms with van der Waals surface area (Å²) >= 11 is 0. The lowest BCUT2D eigenvalue weighted by Gasteiger charge is -2.18. The van der Waals surface area contributed by atoms with Crippen molar-refractivity contribution in [3.8, 4) is 0 Å². The molecule has 4 heteroatoms. The molecule has 0 spiro atoms. The lowest BCUT2D eigenvalue weighted by Crippen LogP contribution is -2.33. The van der Waals surface area contributed by atoms with Gasteiger partial charge in [0.15, 0.2) is 0 Å². The van der Waals surface area contributed by atoms with Gasteiger partial charge in [-0.25, -0.2) is 0 Å². The van der Waals surface area contributed by atoms with E-state index in [1.54, 1.807) is 0 Å². The van der Waals surface area contributed by atoms with Crippen molar-refractivity contribution in [1.82, 2.24) is 10.2 Å². The maximum Gasteiger partial charge on any atom is 0.0897 e. The number of hydrogen-bond donors (Lipinski definition) is 2. The van der Waals surface area contributed by atoms with Gasteiger partial charge < -0.3 is 20.1 Å². The van der Waals surface area contributed by atoms with Crippen LogP contribution in [0.4, 0.5) is 0 Å². The Labute approximate surface area is 113 Å². The third kappa shape index (κ3) is 11.0. The molecule has 18 heavy (non-hydrogen) atoms. The Bertz CT molecular complexity index is 164. The average Bonchev–Trinajstić information content (AvgIpc) is 2.39. The van der Waals surface area contributed by atoms with E-state index in [4.69, 9.17) is 4.74 Å². The van der Waals surface area contributed by atoms with E-state index in [9.17, 15) is 5.11 Å². The molecule has 0 fully saturated rings. The van der Waals surface area contributed by atoms with Crippen LogP contribution >= 0.6 is 0 Å². The molecule has 2 N–H and O–H groups in total. The number of aliphatic hydroxyl groups is 1. The van der Waals surface area contributed by atoms with E-state index in [-0.39, 0.29) is 6.10 Å². The van der Waals surface area contributed by atoms with Crippen LogP contribution in [-0.4, -0.2) is 62.0 Å². The van der Waals surface area contributed by atoms with E-state index in [1.807, 2.05) is 0 Å². The lowest BCUT2D eigenvalue weighted by molar-refractivity contribution is 0.0359. The molecule has 110 valence electrons. The summed E-state index contributed by atoms with van der Waals surface area (Å²) in [6.07, 6.45) is 2.96. The molecule has 0 radical (unpaired) electrons. The first-order valence-electron chi connectivity index (χ1n) is 7.43. The molecule has 0 heterocycles. The highest BCUT2D eigenvalue weighted by molar-refractivity contribution is 4.60. The van der Waals surface area contributed by atoms with Crippen LogP contribution < -0.4 is 5.32 Å². The van der Waals surface area contributed by atoms with Gasteiger partial charge in [-0.1, -0.05) is 27.2 Å². The van der Waals surface area contributed by atoms with Crippen LogP contribution in [0.5, 0.6) is 0 Å². The molecule has 0 bridgehead atoms. The summed E-state index contributed by atoms with van der Waals surface area (Å²) in [6, 6.07) is 0. The summed E-state index contributed by atoms with van der Waals surface area (Å²) in [6.45, 7) is 12.7. The van der Waals surface area contributed by atoms with Crippen molar-refractivity contribution in [2.24, 2.45) is 0 Å². The molecule has 0 saturated heterocycles. The van der Waals surface area contributed by atoms with Crippen molar-refractivity contribution in [1.29, 1.82) is 0 Å². The molecule has 1 atom stereocenters. The second-order valence-corrected chi connectivity index (χ2v) is 4.67. The molecule has 1 unspecified atom stereocenters. The number of ether oxygens (including phenoxy) is 1. The van der Waals surface area contributed by atoms with E-state index in [0.717, 1.165) is 52.0 Å². The largest absolute Gasteiger partial charge is 0.389 e. The third-order valence-corrected chi connectivity index (χ3v) is 3.05. The van der Waals surface area contributed by atoms with Gasteiger partial charge in [-0.05, 0) is 39.0 Å². The highest BCUT2D eigenvalue weighted by Crippen LogP contribution is 1.91. The number of unbranched alkanes of at least 4 members (excludes halogenated alkanes) is 1. The zero-order valence-corrected chi connectivity index (χ0v) is 12.5. The van der Waals surface area contributed by atoms with Crippen LogP contribution in [0.3, 0.4) is 0 Å². The van der Waals surface area contributed by atoms with Crippen LogP contribution in [0.15, 0.2) is 0 Å². The first kappa shape index (κ1) is 17.8. The van der Waals surface area contributed by atoms with Gasteiger partial charge in [0.1, 0.15) is 0 Å². The number of nitrogens with one attached hydrogen (secondary N) is 1. The molecule has 0 aromatic rings. The predicted octanol–water partition coefficient (Wildman–Crippen LogP) is 1.49. The Hall–Kier alpha value is -0.160. The maximum atomic E-state index is 9.65. The van der Waals surface area contributed by atoms with Crippen LogP contribution in [0.25, 0.3) is 0 Å². The summed E-state index contributed by atoms with van der Waals surface area (Å²) in [7, 11) is 0. The van der Waals surface area contributed by atoms with Crippen molar-refractivity contribution in [3.05, 3.63) is 0 Å². The normalized spacial score (nSPS) is 13.2. The summed E-state index contributed by atoms with van der Waals surface area (Å²) in [5, 5.41) is 12.9. The molecule has 4 nitrogen and oxygen atoms in total. The SMILES string of the molecule is CCCCOCC(O)CNCCCN(CC)CC. The van der Waals surface area contributed by atoms with E-state index >= 15 is 0 Å². The average molecular weight is 260 g/mol. The van der Waals surface area contributed by atoms with E-state index < -0.39 is 0 Å². The van der Waals surface area contributed by atoms with Gasteiger partial charge in [0.25, 0.3) is 0 Å². The standard InChI is InChI=1S/C14H32N2O2/c1-4-7-11-18-13-14(17)12-15-9-8-10-16(5-2)6-3/h14-15,17H,4-13H2,1-3H3. The highest BCUT2D eigenvalue weighted by atomic mass is 16.5. The van der Waals surface area contributed by atoms with E-state index in [2.05, 4.69) is 31.0 Å². The van der Waals surface area contributed by atoms with Crippen LogP contribution in [-0.2, 0) is 4.74 Å². The first-order chi connectivity index (χ1) is 8.74. The fourth-order valence-corrected chi connectivity index (χ4v) is 1.76. The van der Waals surface area contributed by atoms with Crippen molar-refractivity contribution in [3.63, 3.8) is 0 Å². The van der Waals surface area contributed by atoms with Crippen molar-refractivity contribution < 1.29 is 9.84 Å². The van der Waals surface area contributed by atoms with Gasteiger partial charge in [-0.3, -0.25) is 0 Å². The molecule has 0 aromatic heterocycles. The fourth-order valence-electron chi connectivity index (χ4n) is 1.76. The van der Waals surface area contributed by atoms with Gasteiger partial charge in [-0.2, -0.15) is 0 Å². The summed E-state index contributed by atoms with van der Waals surface area (Å²) in [4.78, 5) is 2.41. The molecule has 0 amide bonds. The summed E-state index contributed by atoms with van der Waals surface area (Å²) < 4.78 is 5.37. The molecular weight excluding hydrogens is 228 g/mol. The number of aliphatic hydroxyl groups excluding tert-OH is 1. The summed E-state index contributed by atoms with van der Waals surface area (Å²) in [5.74, 6) is 0. The highest BCUT2D eigenvalue weighted by Gasteiger charge is 2.03. The Kier molecular flexibility index (Phi) is 13.2. The van der Waals surface area contributed by atoms with Gasteiger partial charge in [0, 0.05) is 13.2 Å². The Morgan fingerprint density at radius 2 is 1.89 bits per heavy atom. The molecule has 0 aromatic carbocycles. The molecule has 0 aliphatic carbocycles. The van der Waals surface area contributed by atoms with Gasteiger partial charge in [0.2, 0.25) is 0 Å². The Morgan fingerprint density at radius 1 is 1.17 bits per heavy atom. The minimum absolute atomic E-state index is 0.379. The van der Waals surface area contributed by atoms with Crippen LogP contribution in [0, 0.1) is 0 Å². The number of hydrogen-bond acceptors (Lipinski definition) is 4. The Morgan fingerprint density at radius 3 is 2.50 bits per heavy atom. The van der Waals surface area contributed by atoms with Crippen molar-refractivity contribution in [2.75, 3.05) is 45.9 Å². The quantitative estimate of drug-likeness (QED) is 0.492. The predicted molar refractivity (Wildman–Crippen MR) is 77.0 cm³/mol. The molecule has 0 saturated carbocycles. The third-order valence-electron chi connectivity index (χ3n) is 3.05. The maximum absolute atomic E-state index is 9.65. The smallest absolute Gasteiger partial charge is 0.0897 e. The van der Waals surface area contributed by atoms with Gasteiger partial charge in [0.05, 0.1) is 12.7 Å². The zero-order chi connectivity index (χ0) is 13.6. The van der Waals surface area contributed by atoms with Gasteiger partial charge in [-0.15, -0.1) is 0 Å². The Balaban J connectivity index is 3.26. The monoisotopic (exact) mass is 260 g/mol. The minimum atomic E-state index is -0.379.